The van der Waals surface area contributed by atoms with E-state index >= 15 is 0 Å². The summed E-state index contributed by atoms with van der Waals surface area (Å²) in [6, 6.07) is 5.46. The van der Waals surface area contributed by atoms with Crippen LogP contribution in [0.5, 0.6) is 0 Å². The second-order valence-corrected chi connectivity index (χ2v) is 6.49. The lowest BCUT2D eigenvalue weighted by Crippen LogP contribution is -2.56. The number of aromatic nitrogens is 1. The van der Waals surface area contributed by atoms with Crippen molar-refractivity contribution in [2.75, 3.05) is 13.1 Å². The molecule has 3 nitrogen and oxygen atoms in total. The van der Waals surface area contributed by atoms with Crippen LogP contribution in [0.2, 0.25) is 0 Å². The standard InChI is InChI=1S/C17H29N3/c1-5-15-11-20(16(10-19-15)9-13(2)3)12-17-14(4)7-6-8-18-17/h6-8,13,15-16,19H,5,9-12H2,1-4H3. The Balaban J connectivity index is 2.08. The summed E-state index contributed by atoms with van der Waals surface area (Å²) >= 11 is 0. The lowest BCUT2D eigenvalue weighted by Gasteiger charge is -2.41. The number of hydrogen-bond donors (Lipinski definition) is 1. The zero-order valence-corrected chi connectivity index (χ0v) is 13.4. The Hall–Kier alpha value is -0.930. The van der Waals surface area contributed by atoms with Crippen LogP contribution in [0.1, 0.15) is 44.9 Å². The van der Waals surface area contributed by atoms with Gasteiger partial charge in [-0.15, -0.1) is 0 Å². The Morgan fingerprint density at radius 3 is 2.90 bits per heavy atom. The number of aryl methyl sites for hydroxylation is 1. The SMILES string of the molecule is CCC1CN(Cc2ncccc2C)C(CC(C)C)CN1. The normalized spacial score (nSPS) is 24.2. The molecule has 1 aliphatic rings. The monoisotopic (exact) mass is 275 g/mol. The number of piperazine rings is 1. The summed E-state index contributed by atoms with van der Waals surface area (Å²) in [5.41, 5.74) is 2.54. The molecule has 0 amide bonds. The maximum absolute atomic E-state index is 4.57. The zero-order valence-electron chi connectivity index (χ0n) is 13.4. The first-order chi connectivity index (χ1) is 9.60. The molecular weight excluding hydrogens is 246 g/mol. The third-order valence-electron chi connectivity index (χ3n) is 4.32. The van der Waals surface area contributed by atoms with Gasteiger partial charge in [0.15, 0.2) is 0 Å². The van der Waals surface area contributed by atoms with Crippen LogP contribution in [-0.4, -0.2) is 35.1 Å². The molecule has 1 aromatic rings. The Kier molecular flexibility index (Phi) is 5.55. The number of hydrogen-bond acceptors (Lipinski definition) is 3. The highest BCUT2D eigenvalue weighted by atomic mass is 15.2. The van der Waals surface area contributed by atoms with Gasteiger partial charge in [0.25, 0.3) is 0 Å². The molecule has 1 aliphatic heterocycles. The van der Waals surface area contributed by atoms with Crippen molar-refractivity contribution in [3.63, 3.8) is 0 Å². The predicted molar refractivity (Wildman–Crippen MR) is 84.7 cm³/mol. The van der Waals surface area contributed by atoms with E-state index in [9.17, 15) is 0 Å². The molecule has 2 heterocycles. The molecule has 0 saturated carbocycles. The van der Waals surface area contributed by atoms with Crippen molar-refractivity contribution in [1.29, 1.82) is 0 Å². The van der Waals surface area contributed by atoms with Crippen LogP contribution in [0.15, 0.2) is 18.3 Å². The molecule has 20 heavy (non-hydrogen) atoms. The predicted octanol–water partition coefficient (Wildman–Crippen LogP) is 2.99. The molecule has 0 aromatic carbocycles. The lowest BCUT2D eigenvalue weighted by atomic mass is 9.98. The van der Waals surface area contributed by atoms with Gasteiger partial charge in [-0.25, -0.2) is 0 Å². The zero-order chi connectivity index (χ0) is 14.5. The number of rotatable bonds is 5. The topological polar surface area (TPSA) is 28.2 Å². The first-order valence-corrected chi connectivity index (χ1v) is 7.98. The molecule has 1 fully saturated rings. The molecule has 2 atom stereocenters. The van der Waals surface area contributed by atoms with Gasteiger partial charge in [0.2, 0.25) is 0 Å². The van der Waals surface area contributed by atoms with E-state index < -0.39 is 0 Å². The van der Waals surface area contributed by atoms with Crippen LogP contribution in [0.25, 0.3) is 0 Å². The Bertz CT molecular complexity index is 416. The smallest absolute Gasteiger partial charge is 0.0573 e. The van der Waals surface area contributed by atoms with Crippen LogP contribution in [-0.2, 0) is 6.54 Å². The van der Waals surface area contributed by atoms with Crippen LogP contribution < -0.4 is 5.32 Å². The van der Waals surface area contributed by atoms with Gasteiger partial charge in [-0.1, -0.05) is 26.8 Å². The fourth-order valence-electron chi connectivity index (χ4n) is 3.05. The average molecular weight is 275 g/mol. The molecule has 3 heteroatoms. The number of nitrogens with one attached hydrogen (secondary N) is 1. The van der Waals surface area contributed by atoms with Crippen molar-refractivity contribution in [2.45, 2.75) is 59.2 Å². The highest BCUT2D eigenvalue weighted by molar-refractivity contribution is 5.17. The summed E-state index contributed by atoms with van der Waals surface area (Å²) < 4.78 is 0. The molecule has 112 valence electrons. The summed E-state index contributed by atoms with van der Waals surface area (Å²) in [4.78, 5) is 7.21. The van der Waals surface area contributed by atoms with E-state index in [1.54, 1.807) is 0 Å². The van der Waals surface area contributed by atoms with Crippen LogP contribution in [0.4, 0.5) is 0 Å². The third kappa shape index (κ3) is 4.03. The molecule has 2 rings (SSSR count). The van der Waals surface area contributed by atoms with Gasteiger partial charge in [0, 0.05) is 37.9 Å². The first-order valence-electron chi connectivity index (χ1n) is 7.98. The van der Waals surface area contributed by atoms with Gasteiger partial charge >= 0.3 is 0 Å². The fraction of sp³-hybridized carbons (Fsp3) is 0.706. The van der Waals surface area contributed by atoms with E-state index in [-0.39, 0.29) is 0 Å². The van der Waals surface area contributed by atoms with Gasteiger partial charge < -0.3 is 5.32 Å². The van der Waals surface area contributed by atoms with Gasteiger partial charge in [-0.05, 0) is 37.3 Å². The van der Waals surface area contributed by atoms with Crippen molar-refractivity contribution < 1.29 is 0 Å². The molecule has 1 aromatic heterocycles. The lowest BCUT2D eigenvalue weighted by molar-refractivity contribution is 0.104. The second-order valence-electron chi connectivity index (χ2n) is 6.49. The van der Waals surface area contributed by atoms with E-state index in [0.717, 1.165) is 25.6 Å². The van der Waals surface area contributed by atoms with Crippen molar-refractivity contribution in [1.82, 2.24) is 15.2 Å². The van der Waals surface area contributed by atoms with E-state index in [1.807, 2.05) is 12.3 Å². The van der Waals surface area contributed by atoms with E-state index in [1.165, 1.54) is 24.1 Å². The van der Waals surface area contributed by atoms with Gasteiger partial charge in [-0.3, -0.25) is 9.88 Å². The Morgan fingerprint density at radius 2 is 2.25 bits per heavy atom. The Labute approximate surface area is 123 Å². The summed E-state index contributed by atoms with van der Waals surface area (Å²) in [6.07, 6.45) is 4.38. The quantitative estimate of drug-likeness (QED) is 0.895. The van der Waals surface area contributed by atoms with Crippen molar-refractivity contribution in [3.8, 4) is 0 Å². The largest absolute Gasteiger partial charge is 0.311 e. The van der Waals surface area contributed by atoms with E-state index in [4.69, 9.17) is 0 Å². The van der Waals surface area contributed by atoms with Gasteiger partial charge in [-0.2, -0.15) is 0 Å². The van der Waals surface area contributed by atoms with Crippen LogP contribution in [0, 0.1) is 12.8 Å². The minimum Gasteiger partial charge on any atom is -0.311 e. The Morgan fingerprint density at radius 1 is 1.45 bits per heavy atom. The molecule has 0 aliphatic carbocycles. The summed E-state index contributed by atoms with van der Waals surface area (Å²) in [5, 5.41) is 3.69. The van der Waals surface area contributed by atoms with Gasteiger partial charge in [0.05, 0.1) is 5.69 Å². The van der Waals surface area contributed by atoms with Crippen molar-refractivity contribution >= 4 is 0 Å². The minimum atomic E-state index is 0.627. The fourth-order valence-corrected chi connectivity index (χ4v) is 3.05. The highest BCUT2D eigenvalue weighted by Crippen LogP contribution is 2.19. The second kappa shape index (κ2) is 7.19. The van der Waals surface area contributed by atoms with Crippen LogP contribution in [0.3, 0.4) is 0 Å². The number of nitrogens with zero attached hydrogens (tertiary/aromatic N) is 2. The third-order valence-corrected chi connectivity index (χ3v) is 4.32. The molecule has 0 radical (unpaired) electrons. The van der Waals surface area contributed by atoms with Crippen molar-refractivity contribution in [3.05, 3.63) is 29.6 Å². The molecule has 1 saturated heterocycles. The van der Waals surface area contributed by atoms with E-state index in [2.05, 4.69) is 49.0 Å². The van der Waals surface area contributed by atoms with Crippen molar-refractivity contribution in [2.24, 2.45) is 5.92 Å². The molecular formula is C17H29N3. The van der Waals surface area contributed by atoms with Gasteiger partial charge in [0.1, 0.15) is 0 Å². The summed E-state index contributed by atoms with van der Waals surface area (Å²) in [7, 11) is 0. The minimum absolute atomic E-state index is 0.627. The maximum Gasteiger partial charge on any atom is 0.0573 e. The summed E-state index contributed by atoms with van der Waals surface area (Å²) in [6.45, 7) is 12.3. The number of pyridine rings is 1. The maximum atomic E-state index is 4.57. The average Bonchev–Trinajstić information content (AvgIpc) is 2.42. The molecule has 0 spiro atoms. The molecule has 2 unspecified atom stereocenters. The molecule has 0 bridgehead atoms. The summed E-state index contributed by atoms with van der Waals surface area (Å²) in [5.74, 6) is 0.743. The first kappa shape index (κ1) is 15.5. The van der Waals surface area contributed by atoms with E-state index in [0.29, 0.717) is 12.1 Å². The highest BCUT2D eigenvalue weighted by Gasteiger charge is 2.27. The molecule has 1 N–H and O–H groups in total. The van der Waals surface area contributed by atoms with Crippen LogP contribution >= 0.6 is 0 Å².